The maximum Gasteiger partial charge on any atom is 0.240 e. The second-order valence-corrected chi connectivity index (χ2v) is 6.73. The quantitative estimate of drug-likeness (QED) is 0.892. The number of nitrogens with zero attached hydrogens (tertiary/aromatic N) is 4. The van der Waals surface area contributed by atoms with Crippen molar-refractivity contribution in [3.63, 3.8) is 0 Å². The van der Waals surface area contributed by atoms with E-state index in [1.54, 1.807) is 12.4 Å². The van der Waals surface area contributed by atoms with Crippen molar-refractivity contribution in [3.05, 3.63) is 5.51 Å². The van der Waals surface area contributed by atoms with Gasteiger partial charge in [0.2, 0.25) is 16.9 Å². The number of carbonyl (C=O) groups is 2. The average Bonchev–Trinajstić information content (AvgIpc) is 3.17. The van der Waals surface area contributed by atoms with Crippen LogP contribution < -0.4 is 5.32 Å². The minimum Gasteiger partial charge on any atom is -0.338 e. The first kappa shape index (κ1) is 15.4. The Balaban J connectivity index is 1.60. The summed E-state index contributed by atoms with van der Waals surface area (Å²) in [6.45, 7) is 3.75. The molecule has 2 fully saturated rings. The van der Waals surface area contributed by atoms with Crippen LogP contribution in [0.15, 0.2) is 5.51 Å². The lowest BCUT2D eigenvalue weighted by atomic mass is 10.0. The van der Waals surface area contributed by atoms with Gasteiger partial charge in [-0.05, 0) is 32.2 Å². The standard InChI is InChI=1S/C14H21N5O2S/c1-10(20)19-7-3-5-12(19)11-4-2-6-18(11)8-13(21)16-14-17-15-9-22-14/h9,11-12H,2-8H2,1H3,(H,16,17,21). The topological polar surface area (TPSA) is 78.4 Å². The first-order valence-corrected chi connectivity index (χ1v) is 8.60. The molecule has 0 spiro atoms. The third-order valence-electron chi connectivity index (χ3n) is 4.52. The Hall–Kier alpha value is -1.54. The number of anilines is 1. The highest BCUT2D eigenvalue weighted by Gasteiger charge is 2.39. The van der Waals surface area contributed by atoms with Crippen LogP contribution in [0.1, 0.15) is 32.6 Å². The van der Waals surface area contributed by atoms with Crippen molar-refractivity contribution in [2.45, 2.75) is 44.7 Å². The van der Waals surface area contributed by atoms with Crippen molar-refractivity contribution in [3.8, 4) is 0 Å². The van der Waals surface area contributed by atoms with Gasteiger partial charge in [0.05, 0.1) is 6.54 Å². The van der Waals surface area contributed by atoms with E-state index in [4.69, 9.17) is 0 Å². The summed E-state index contributed by atoms with van der Waals surface area (Å²) >= 11 is 1.31. The van der Waals surface area contributed by atoms with E-state index in [2.05, 4.69) is 20.4 Å². The fourth-order valence-electron chi connectivity index (χ4n) is 3.64. The average molecular weight is 323 g/mol. The van der Waals surface area contributed by atoms with Crippen LogP contribution in [0.5, 0.6) is 0 Å². The van der Waals surface area contributed by atoms with Crippen molar-refractivity contribution in [2.24, 2.45) is 0 Å². The highest BCUT2D eigenvalue weighted by atomic mass is 32.1. The van der Waals surface area contributed by atoms with Gasteiger partial charge in [0, 0.05) is 25.6 Å². The molecule has 1 aromatic rings. The van der Waals surface area contributed by atoms with Gasteiger partial charge in [0.15, 0.2) is 0 Å². The zero-order chi connectivity index (χ0) is 15.5. The van der Waals surface area contributed by atoms with Gasteiger partial charge in [0.25, 0.3) is 0 Å². The van der Waals surface area contributed by atoms with Gasteiger partial charge in [-0.1, -0.05) is 11.3 Å². The largest absolute Gasteiger partial charge is 0.338 e. The Morgan fingerprint density at radius 2 is 2.09 bits per heavy atom. The Kier molecular flexibility index (Phi) is 4.68. The minimum atomic E-state index is -0.0592. The third-order valence-corrected chi connectivity index (χ3v) is 5.12. The molecule has 0 aliphatic carbocycles. The van der Waals surface area contributed by atoms with Crippen molar-refractivity contribution in [2.75, 3.05) is 25.0 Å². The summed E-state index contributed by atoms with van der Waals surface area (Å²) in [5, 5.41) is 10.8. The Labute approximate surface area is 133 Å². The summed E-state index contributed by atoms with van der Waals surface area (Å²) in [6, 6.07) is 0.556. The van der Waals surface area contributed by atoms with E-state index < -0.39 is 0 Å². The molecular weight excluding hydrogens is 302 g/mol. The van der Waals surface area contributed by atoms with Gasteiger partial charge in [-0.25, -0.2) is 0 Å². The van der Waals surface area contributed by atoms with Crippen molar-refractivity contribution >= 4 is 28.3 Å². The van der Waals surface area contributed by atoms with Crippen LogP contribution in [0.25, 0.3) is 0 Å². The van der Waals surface area contributed by atoms with Crippen LogP contribution in [-0.2, 0) is 9.59 Å². The highest BCUT2D eigenvalue weighted by Crippen LogP contribution is 2.29. The lowest BCUT2D eigenvalue weighted by Crippen LogP contribution is -2.49. The van der Waals surface area contributed by atoms with E-state index in [0.29, 0.717) is 17.7 Å². The highest BCUT2D eigenvalue weighted by molar-refractivity contribution is 7.13. The van der Waals surface area contributed by atoms with Crippen molar-refractivity contribution in [1.29, 1.82) is 0 Å². The molecule has 2 atom stereocenters. The SMILES string of the molecule is CC(=O)N1CCCC1C1CCCN1CC(=O)Nc1nncs1. The zero-order valence-electron chi connectivity index (χ0n) is 12.7. The molecule has 8 heteroatoms. The molecule has 2 aliphatic heterocycles. The van der Waals surface area contributed by atoms with Crippen LogP contribution in [0.2, 0.25) is 0 Å². The Bertz CT molecular complexity index is 535. The van der Waals surface area contributed by atoms with Gasteiger partial charge in [-0.3, -0.25) is 19.8 Å². The summed E-state index contributed by atoms with van der Waals surface area (Å²) in [4.78, 5) is 28.1. The summed E-state index contributed by atoms with van der Waals surface area (Å²) < 4.78 is 0. The van der Waals surface area contributed by atoms with E-state index in [0.717, 1.165) is 38.8 Å². The first-order chi connectivity index (χ1) is 10.6. The normalized spacial score (nSPS) is 25.6. The molecule has 1 aromatic heterocycles. The number of rotatable bonds is 4. The summed E-state index contributed by atoms with van der Waals surface area (Å²) in [6.07, 6.45) is 4.24. The van der Waals surface area contributed by atoms with Crippen molar-refractivity contribution < 1.29 is 9.59 Å². The molecule has 0 bridgehead atoms. The molecule has 3 rings (SSSR count). The molecule has 2 amide bonds. The van der Waals surface area contributed by atoms with E-state index in [1.165, 1.54) is 11.3 Å². The molecule has 22 heavy (non-hydrogen) atoms. The maximum atomic E-state index is 12.1. The van der Waals surface area contributed by atoms with Crippen LogP contribution >= 0.6 is 11.3 Å². The van der Waals surface area contributed by atoms with Crippen LogP contribution in [0.3, 0.4) is 0 Å². The zero-order valence-corrected chi connectivity index (χ0v) is 13.5. The molecule has 2 unspecified atom stereocenters. The molecule has 0 radical (unpaired) electrons. The monoisotopic (exact) mass is 323 g/mol. The smallest absolute Gasteiger partial charge is 0.240 e. The molecule has 0 aromatic carbocycles. The fraction of sp³-hybridized carbons (Fsp3) is 0.714. The van der Waals surface area contributed by atoms with Gasteiger partial charge < -0.3 is 4.90 Å². The molecule has 120 valence electrons. The lowest BCUT2D eigenvalue weighted by Gasteiger charge is -2.34. The number of aromatic nitrogens is 2. The predicted molar refractivity (Wildman–Crippen MR) is 83.5 cm³/mol. The lowest BCUT2D eigenvalue weighted by molar-refractivity contribution is -0.130. The van der Waals surface area contributed by atoms with Gasteiger partial charge >= 0.3 is 0 Å². The molecular formula is C14H21N5O2S. The molecule has 2 aliphatic rings. The van der Waals surface area contributed by atoms with E-state index in [1.807, 2.05) is 4.90 Å². The molecule has 3 heterocycles. The number of likely N-dealkylation sites (tertiary alicyclic amines) is 2. The third kappa shape index (κ3) is 3.27. The minimum absolute atomic E-state index is 0.0592. The fourth-order valence-corrected chi connectivity index (χ4v) is 4.10. The first-order valence-electron chi connectivity index (χ1n) is 7.72. The van der Waals surface area contributed by atoms with E-state index in [-0.39, 0.29) is 17.9 Å². The number of nitrogens with one attached hydrogen (secondary N) is 1. The Morgan fingerprint density at radius 3 is 2.82 bits per heavy atom. The molecule has 1 N–H and O–H groups in total. The van der Waals surface area contributed by atoms with E-state index in [9.17, 15) is 9.59 Å². The number of hydrogen-bond donors (Lipinski definition) is 1. The number of carbonyl (C=O) groups excluding carboxylic acids is 2. The second-order valence-electron chi connectivity index (χ2n) is 5.89. The van der Waals surface area contributed by atoms with Crippen LogP contribution in [0, 0.1) is 0 Å². The van der Waals surface area contributed by atoms with Gasteiger partial charge in [-0.2, -0.15) is 0 Å². The number of amides is 2. The van der Waals surface area contributed by atoms with Gasteiger partial charge in [-0.15, -0.1) is 10.2 Å². The van der Waals surface area contributed by atoms with Gasteiger partial charge in [0.1, 0.15) is 5.51 Å². The maximum absolute atomic E-state index is 12.1. The summed E-state index contributed by atoms with van der Waals surface area (Å²) in [5.74, 6) is 0.0867. The molecule has 7 nitrogen and oxygen atoms in total. The van der Waals surface area contributed by atoms with Crippen LogP contribution in [0.4, 0.5) is 5.13 Å². The van der Waals surface area contributed by atoms with E-state index >= 15 is 0 Å². The molecule has 2 saturated heterocycles. The number of hydrogen-bond acceptors (Lipinski definition) is 6. The Morgan fingerprint density at radius 1 is 1.32 bits per heavy atom. The van der Waals surface area contributed by atoms with Crippen molar-refractivity contribution in [1.82, 2.24) is 20.0 Å². The second kappa shape index (κ2) is 6.70. The molecule has 0 saturated carbocycles. The predicted octanol–water partition coefficient (Wildman–Crippen LogP) is 0.952. The van der Waals surface area contributed by atoms with Crippen LogP contribution in [-0.4, -0.2) is 63.5 Å². The summed E-state index contributed by atoms with van der Waals surface area (Å²) in [7, 11) is 0. The summed E-state index contributed by atoms with van der Waals surface area (Å²) in [5.41, 5.74) is 1.59.